The maximum atomic E-state index is 4.56. The molecule has 1 aliphatic heterocycles. The van der Waals surface area contributed by atoms with Gasteiger partial charge in [0.2, 0.25) is 0 Å². The molecule has 18 heavy (non-hydrogen) atoms. The van der Waals surface area contributed by atoms with Gasteiger partial charge in [-0.2, -0.15) is 0 Å². The van der Waals surface area contributed by atoms with Crippen LogP contribution in [0.3, 0.4) is 0 Å². The maximum Gasteiger partial charge on any atom is 0.0969 e. The average molecular weight is 243 g/mol. The SMILES string of the molecule is Cc1cc(C)c2ncn(CN3CCCCC3)c2c1. The third kappa shape index (κ3) is 2.15. The molecular weight excluding hydrogens is 222 g/mol. The lowest BCUT2D eigenvalue weighted by Gasteiger charge is -2.26. The third-order valence-corrected chi connectivity index (χ3v) is 3.86. The average Bonchev–Trinajstić information content (AvgIpc) is 2.74. The lowest BCUT2D eigenvalue weighted by atomic mass is 10.1. The normalized spacial score (nSPS) is 17.4. The van der Waals surface area contributed by atoms with Gasteiger partial charge in [0.05, 0.1) is 24.0 Å². The Morgan fingerprint density at radius 2 is 1.89 bits per heavy atom. The molecule has 1 aromatic heterocycles. The van der Waals surface area contributed by atoms with Crippen molar-refractivity contribution in [3.8, 4) is 0 Å². The van der Waals surface area contributed by atoms with Gasteiger partial charge in [-0.15, -0.1) is 0 Å². The topological polar surface area (TPSA) is 21.1 Å². The molecular formula is C15H21N3. The van der Waals surface area contributed by atoms with Crippen LogP contribution in [0, 0.1) is 13.8 Å². The molecule has 0 aliphatic carbocycles. The van der Waals surface area contributed by atoms with Crippen molar-refractivity contribution >= 4 is 11.0 Å². The van der Waals surface area contributed by atoms with Gasteiger partial charge in [0, 0.05) is 0 Å². The summed E-state index contributed by atoms with van der Waals surface area (Å²) in [6.07, 6.45) is 6.06. The van der Waals surface area contributed by atoms with Crippen LogP contribution < -0.4 is 0 Å². The number of fused-ring (bicyclic) bond motifs is 1. The summed E-state index contributed by atoms with van der Waals surface area (Å²) in [4.78, 5) is 7.09. The van der Waals surface area contributed by atoms with Gasteiger partial charge in [-0.05, 0) is 57.0 Å². The van der Waals surface area contributed by atoms with E-state index in [2.05, 4.69) is 40.4 Å². The van der Waals surface area contributed by atoms with Crippen molar-refractivity contribution in [3.63, 3.8) is 0 Å². The molecule has 0 unspecified atom stereocenters. The molecule has 3 rings (SSSR count). The van der Waals surface area contributed by atoms with Crippen molar-refractivity contribution in [2.75, 3.05) is 13.1 Å². The fourth-order valence-corrected chi connectivity index (χ4v) is 2.94. The van der Waals surface area contributed by atoms with Crippen LogP contribution in [0.5, 0.6) is 0 Å². The zero-order chi connectivity index (χ0) is 12.5. The quantitative estimate of drug-likeness (QED) is 0.808. The molecule has 96 valence electrons. The van der Waals surface area contributed by atoms with Crippen molar-refractivity contribution in [3.05, 3.63) is 29.6 Å². The minimum atomic E-state index is 0.986. The highest BCUT2D eigenvalue weighted by molar-refractivity contribution is 5.79. The summed E-state index contributed by atoms with van der Waals surface area (Å²) in [7, 11) is 0. The zero-order valence-corrected chi connectivity index (χ0v) is 11.3. The smallest absolute Gasteiger partial charge is 0.0969 e. The molecule has 0 spiro atoms. The maximum absolute atomic E-state index is 4.56. The van der Waals surface area contributed by atoms with E-state index in [1.165, 1.54) is 49.0 Å². The van der Waals surface area contributed by atoms with Gasteiger partial charge in [0.25, 0.3) is 0 Å². The number of hydrogen-bond acceptors (Lipinski definition) is 2. The molecule has 1 saturated heterocycles. The van der Waals surface area contributed by atoms with E-state index in [1.807, 2.05) is 6.33 Å². The predicted octanol–water partition coefficient (Wildman–Crippen LogP) is 3.10. The molecule has 0 radical (unpaired) electrons. The highest BCUT2D eigenvalue weighted by atomic mass is 15.3. The summed E-state index contributed by atoms with van der Waals surface area (Å²) in [6, 6.07) is 4.46. The van der Waals surface area contributed by atoms with Crippen LogP contribution in [-0.4, -0.2) is 27.5 Å². The molecule has 3 nitrogen and oxygen atoms in total. The first-order valence-corrected chi connectivity index (χ1v) is 6.88. The van der Waals surface area contributed by atoms with Gasteiger partial charge < -0.3 is 4.57 Å². The second-order valence-electron chi connectivity index (χ2n) is 5.48. The number of piperidine rings is 1. The Balaban J connectivity index is 1.92. The van der Waals surface area contributed by atoms with Gasteiger partial charge in [-0.3, -0.25) is 4.90 Å². The molecule has 2 heterocycles. The Kier molecular flexibility index (Phi) is 3.08. The van der Waals surface area contributed by atoms with Gasteiger partial charge in [-0.25, -0.2) is 4.98 Å². The number of nitrogens with zero attached hydrogens (tertiary/aromatic N) is 3. The second-order valence-corrected chi connectivity index (χ2v) is 5.48. The molecule has 1 fully saturated rings. The lowest BCUT2D eigenvalue weighted by Crippen LogP contribution is -2.31. The number of rotatable bonds is 2. The Morgan fingerprint density at radius 3 is 2.67 bits per heavy atom. The molecule has 0 atom stereocenters. The van der Waals surface area contributed by atoms with Gasteiger partial charge >= 0.3 is 0 Å². The fraction of sp³-hybridized carbons (Fsp3) is 0.533. The summed E-state index contributed by atoms with van der Waals surface area (Å²) < 4.78 is 2.29. The number of likely N-dealkylation sites (tertiary alicyclic amines) is 1. The predicted molar refractivity (Wildman–Crippen MR) is 74.6 cm³/mol. The molecule has 1 aromatic carbocycles. The molecule has 1 aliphatic rings. The minimum Gasteiger partial charge on any atom is -0.317 e. The van der Waals surface area contributed by atoms with Crippen LogP contribution in [0.25, 0.3) is 11.0 Å². The number of hydrogen-bond donors (Lipinski definition) is 0. The van der Waals surface area contributed by atoms with Crippen molar-refractivity contribution in [1.29, 1.82) is 0 Å². The van der Waals surface area contributed by atoms with Crippen molar-refractivity contribution < 1.29 is 0 Å². The van der Waals surface area contributed by atoms with E-state index in [0.29, 0.717) is 0 Å². The van der Waals surface area contributed by atoms with E-state index in [9.17, 15) is 0 Å². The van der Waals surface area contributed by atoms with Crippen molar-refractivity contribution in [2.45, 2.75) is 39.8 Å². The molecule has 0 N–H and O–H groups in total. The van der Waals surface area contributed by atoms with Crippen LogP contribution >= 0.6 is 0 Å². The largest absolute Gasteiger partial charge is 0.317 e. The molecule has 0 saturated carbocycles. The van der Waals surface area contributed by atoms with Gasteiger partial charge in [-0.1, -0.05) is 12.5 Å². The first-order valence-electron chi connectivity index (χ1n) is 6.88. The summed E-state index contributed by atoms with van der Waals surface area (Å²) in [6.45, 7) is 7.74. The Hall–Kier alpha value is -1.35. The number of aryl methyl sites for hydroxylation is 2. The zero-order valence-electron chi connectivity index (χ0n) is 11.3. The summed E-state index contributed by atoms with van der Waals surface area (Å²) >= 11 is 0. The molecule has 0 bridgehead atoms. The summed E-state index contributed by atoms with van der Waals surface area (Å²) in [5, 5.41) is 0. The Labute approximate surface area is 108 Å². The van der Waals surface area contributed by atoms with E-state index in [1.54, 1.807) is 0 Å². The minimum absolute atomic E-state index is 0.986. The van der Waals surface area contributed by atoms with E-state index < -0.39 is 0 Å². The van der Waals surface area contributed by atoms with Gasteiger partial charge in [0.15, 0.2) is 0 Å². The molecule has 3 heteroatoms. The number of aromatic nitrogens is 2. The second kappa shape index (κ2) is 4.73. The molecule has 0 amide bonds. The highest BCUT2D eigenvalue weighted by Gasteiger charge is 2.12. The van der Waals surface area contributed by atoms with E-state index in [4.69, 9.17) is 0 Å². The monoisotopic (exact) mass is 243 g/mol. The Bertz CT molecular complexity index is 550. The standard InChI is InChI=1S/C15H21N3/c1-12-8-13(2)15-14(9-12)18(10-16-15)11-17-6-4-3-5-7-17/h8-10H,3-7,11H2,1-2H3. The van der Waals surface area contributed by atoms with Crippen LogP contribution in [-0.2, 0) is 6.67 Å². The van der Waals surface area contributed by atoms with Crippen LogP contribution in [0.1, 0.15) is 30.4 Å². The van der Waals surface area contributed by atoms with Crippen molar-refractivity contribution in [1.82, 2.24) is 14.5 Å². The summed E-state index contributed by atoms with van der Waals surface area (Å²) in [5.41, 5.74) is 5.03. The molecule has 2 aromatic rings. The number of benzene rings is 1. The van der Waals surface area contributed by atoms with E-state index in [0.717, 1.165) is 12.2 Å². The number of imidazole rings is 1. The van der Waals surface area contributed by atoms with Crippen molar-refractivity contribution in [2.24, 2.45) is 0 Å². The van der Waals surface area contributed by atoms with Crippen LogP contribution in [0.2, 0.25) is 0 Å². The third-order valence-electron chi connectivity index (χ3n) is 3.86. The summed E-state index contributed by atoms with van der Waals surface area (Å²) in [5.74, 6) is 0. The fourth-order valence-electron chi connectivity index (χ4n) is 2.94. The lowest BCUT2D eigenvalue weighted by molar-refractivity contribution is 0.185. The van der Waals surface area contributed by atoms with Crippen LogP contribution in [0.15, 0.2) is 18.5 Å². The van der Waals surface area contributed by atoms with E-state index in [-0.39, 0.29) is 0 Å². The highest BCUT2D eigenvalue weighted by Crippen LogP contribution is 2.20. The first-order chi connectivity index (χ1) is 8.74. The van der Waals surface area contributed by atoms with Gasteiger partial charge in [0.1, 0.15) is 0 Å². The van der Waals surface area contributed by atoms with E-state index >= 15 is 0 Å². The van der Waals surface area contributed by atoms with Crippen LogP contribution in [0.4, 0.5) is 0 Å². The first kappa shape index (κ1) is 11.7. The Morgan fingerprint density at radius 1 is 1.11 bits per heavy atom.